The van der Waals surface area contributed by atoms with E-state index in [1.165, 1.54) is 41.1 Å². The Morgan fingerprint density at radius 1 is 1.10 bits per heavy atom. The zero-order valence-corrected chi connectivity index (χ0v) is 17.9. The Labute approximate surface area is 179 Å². The average Bonchev–Trinajstić information content (AvgIpc) is 3.26. The van der Waals surface area contributed by atoms with Crippen molar-refractivity contribution in [2.75, 3.05) is 0 Å². The minimum Gasteiger partial charge on any atom is -0.508 e. The molecule has 154 valence electrons. The number of hydrogen-bond acceptors (Lipinski definition) is 4. The lowest BCUT2D eigenvalue weighted by atomic mass is 9.95. The van der Waals surface area contributed by atoms with Crippen molar-refractivity contribution in [1.82, 2.24) is 19.3 Å². The first-order chi connectivity index (χ1) is 14.5. The molecule has 0 aliphatic heterocycles. The van der Waals surface area contributed by atoms with Crippen LogP contribution in [-0.2, 0) is 26.3 Å². The van der Waals surface area contributed by atoms with E-state index in [4.69, 9.17) is 12.2 Å². The van der Waals surface area contributed by atoms with E-state index in [1.807, 2.05) is 17.6 Å². The van der Waals surface area contributed by atoms with E-state index < -0.39 is 0 Å². The van der Waals surface area contributed by atoms with Gasteiger partial charge in [-0.25, -0.2) is 0 Å². The van der Waals surface area contributed by atoms with Crippen molar-refractivity contribution in [3.63, 3.8) is 0 Å². The molecule has 1 aliphatic rings. The number of aromatic nitrogens is 4. The Balaban J connectivity index is 1.73. The van der Waals surface area contributed by atoms with Crippen molar-refractivity contribution in [3.8, 4) is 28.6 Å². The first-order valence-corrected chi connectivity index (χ1v) is 10.7. The molecule has 0 fully saturated rings. The number of phenols is 2. The van der Waals surface area contributed by atoms with E-state index in [0.29, 0.717) is 22.6 Å². The monoisotopic (exact) mass is 420 g/mol. The highest BCUT2D eigenvalue weighted by molar-refractivity contribution is 7.71. The average molecular weight is 421 g/mol. The van der Waals surface area contributed by atoms with E-state index >= 15 is 0 Å². The number of H-pyrrole nitrogens is 1. The van der Waals surface area contributed by atoms with Crippen molar-refractivity contribution >= 4 is 23.1 Å². The van der Waals surface area contributed by atoms with Gasteiger partial charge >= 0.3 is 0 Å². The maximum atomic E-state index is 10.5. The number of nitrogens with one attached hydrogen (secondary N) is 1. The molecular formula is C23H24N4O2S. The van der Waals surface area contributed by atoms with Crippen LogP contribution in [-0.4, -0.2) is 29.5 Å². The minimum atomic E-state index is -0.0295. The van der Waals surface area contributed by atoms with Crippen molar-refractivity contribution in [1.29, 1.82) is 0 Å². The lowest BCUT2D eigenvalue weighted by Gasteiger charge is -2.13. The fourth-order valence-corrected chi connectivity index (χ4v) is 4.93. The van der Waals surface area contributed by atoms with E-state index in [1.54, 1.807) is 6.07 Å². The number of rotatable bonds is 3. The summed E-state index contributed by atoms with van der Waals surface area (Å²) in [6, 6.07) is 9.49. The number of aryl methyl sites for hydroxylation is 3. The molecule has 0 saturated heterocycles. The van der Waals surface area contributed by atoms with Crippen LogP contribution < -0.4 is 0 Å². The maximum Gasteiger partial charge on any atom is 0.200 e. The van der Waals surface area contributed by atoms with E-state index in [-0.39, 0.29) is 11.5 Å². The van der Waals surface area contributed by atoms with Gasteiger partial charge in [-0.1, -0.05) is 6.92 Å². The molecular weight excluding hydrogens is 396 g/mol. The van der Waals surface area contributed by atoms with E-state index in [0.717, 1.165) is 24.1 Å². The lowest BCUT2D eigenvalue weighted by Crippen LogP contribution is -2.04. The Bertz CT molecular complexity index is 1350. The van der Waals surface area contributed by atoms with Crippen LogP contribution in [0.5, 0.6) is 11.5 Å². The van der Waals surface area contributed by atoms with Crippen LogP contribution in [0.4, 0.5) is 0 Å². The predicted molar refractivity (Wildman–Crippen MR) is 120 cm³/mol. The van der Waals surface area contributed by atoms with Gasteiger partial charge in [0.1, 0.15) is 11.5 Å². The second kappa shape index (κ2) is 7.02. The number of aromatic hydroxyl groups is 2. The third-order valence-electron chi connectivity index (χ3n) is 6.26. The zero-order chi connectivity index (χ0) is 21.0. The Hall–Kier alpha value is -3.06. The molecule has 0 atom stereocenters. The number of hydrogen-bond donors (Lipinski definition) is 3. The van der Waals surface area contributed by atoms with Crippen LogP contribution in [0.15, 0.2) is 30.3 Å². The highest BCUT2D eigenvalue weighted by atomic mass is 32.1. The summed E-state index contributed by atoms with van der Waals surface area (Å²) >= 11 is 5.54. The molecule has 2 heterocycles. The van der Waals surface area contributed by atoms with Gasteiger partial charge in [0.15, 0.2) is 10.6 Å². The summed E-state index contributed by atoms with van der Waals surface area (Å²) in [5, 5.41) is 29.1. The fraction of sp³-hybridized carbons (Fsp3) is 0.304. The molecule has 30 heavy (non-hydrogen) atoms. The molecule has 0 bridgehead atoms. The number of phenolic OH excluding ortho intramolecular Hbond substituents is 2. The standard InChI is InChI=1S/C23H24N4O2S/c1-3-13-10-17(21(29)12-20(13)28)22-24-25-23(30)27(22)14-8-9-19-16(11-14)15-6-4-5-7-18(15)26(19)2/h8-12,28-29H,3-7H2,1-2H3,(H,25,30). The summed E-state index contributed by atoms with van der Waals surface area (Å²) in [5.74, 6) is 0.575. The van der Waals surface area contributed by atoms with Gasteiger partial charge in [-0.2, -0.15) is 5.10 Å². The van der Waals surface area contributed by atoms with Crippen LogP contribution in [0.1, 0.15) is 36.6 Å². The second-order valence-electron chi connectivity index (χ2n) is 7.93. The summed E-state index contributed by atoms with van der Waals surface area (Å²) in [6.45, 7) is 1.96. The van der Waals surface area contributed by atoms with Crippen molar-refractivity contribution < 1.29 is 10.2 Å². The van der Waals surface area contributed by atoms with Crippen molar-refractivity contribution in [2.24, 2.45) is 7.05 Å². The molecule has 1 aliphatic carbocycles. The Morgan fingerprint density at radius 2 is 1.90 bits per heavy atom. The SMILES string of the molecule is CCc1cc(-c2n[nH]c(=S)n2-c2ccc3c(c2)c2c(n3C)CCCC2)c(O)cc1O. The lowest BCUT2D eigenvalue weighted by molar-refractivity contribution is 0.447. The third-order valence-corrected chi connectivity index (χ3v) is 6.53. The van der Waals surface area contributed by atoms with Gasteiger partial charge < -0.3 is 14.8 Å². The molecule has 4 aromatic rings. The van der Waals surface area contributed by atoms with Crippen molar-refractivity contribution in [3.05, 3.63) is 51.9 Å². The van der Waals surface area contributed by atoms with Gasteiger partial charge in [-0.05, 0) is 79.7 Å². The topological polar surface area (TPSA) is 79.0 Å². The quantitative estimate of drug-likeness (QED) is 0.410. The van der Waals surface area contributed by atoms with Gasteiger partial charge in [-0.3, -0.25) is 9.67 Å². The second-order valence-corrected chi connectivity index (χ2v) is 8.32. The van der Waals surface area contributed by atoms with Gasteiger partial charge in [0.2, 0.25) is 0 Å². The van der Waals surface area contributed by atoms with E-state index in [2.05, 4.69) is 33.9 Å². The summed E-state index contributed by atoms with van der Waals surface area (Å²) in [5.41, 5.74) is 6.26. The molecule has 3 N–H and O–H groups in total. The molecule has 0 amide bonds. The van der Waals surface area contributed by atoms with Gasteiger partial charge in [0.25, 0.3) is 0 Å². The first kappa shape index (κ1) is 18.9. The van der Waals surface area contributed by atoms with Crippen LogP contribution >= 0.6 is 12.2 Å². The van der Waals surface area contributed by atoms with Gasteiger partial charge in [0, 0.05) is 29.7 Å². The molecule has 6 nitrogen and oxygen atoms in total. The minimum absolute atomic E-state index is 0.0295. The van der Waals surface area contributed by atoms with Crippen LogP contribution in [0.2, 0.25) is 0 Å². The van der Waals surface area contributed by atoms with Crippen LogP contribution in [0.3, 0.4) is 0 Å². The predicted octanol–water partition coefficient (Wildman–Crippen LogP) is 4.94. The molecule has 0 radical (unpaired) electrons. The maximum absolute atomic E-state index is 10.5. The number of benzene rings is 2. The summed E-state index contributed by atoms with van der Waals surface area (Å²) in [4.78, 5) is 0. The highest BCUT2D eigenvalue weighted by Crippen LogP contribution is 2.37. The third kappa shape index (κ3) is 2.76. The highest BCUT2D eigenvalue weighted by Gasteiger charge is 2.21. The fourth-order valence-electron chi connectivity index (χ4n) is 4.69. The number of fused-ring (bicyclic) bond motifs is 3. The summed E-state index contributed by atoms with van der Waals surface area (Å²) in [7, 11) is 2.14. The molecule has 2 aromatic heterocycles. The Kier molecular flexibility index (Phi) is 4.43. The summed E-state index contributed by atoms with van der Waals surface area (Å²) < 4.78 is 4.62. The molecule has 0 unspecified atom stereocenters. The van der Waals surface area contributed by atoms with Gasteiger partial charge in [-0.15, -0.1) is 0 Å². The van der Waals surface area contributed by atoms with E-state index in [9.17, 15) is 10.2 Å². The van der Waals surface area contributed by atoms with Crippen LogP contribution in [0.25, 0.3) is 28.0 Å². The largest absolute Gasteiger partial charge is 0.508 e. The smallest absolute Gasteiger partial charge is 0.200 e. The molecule has 2 aromatic carbocycles. The number of nitrogens with zero attached hydrogens (tertiary/aromatic N) is 3. The molecule has 0 spiro atoms. The van der Waals surface area contributed by atoms with Crippen LogP contribution in [0, 0.1) is 4.77 Å². The summed E-state index contributed by atoms with van der Waals surface area (Å²) in [6.07, 6.45) is 5.31. The van der Waals surface area contributed by atoms with Gasteiger partial charge in [0.05, 0.1) is 11.3 Å². The zero-order valence-electron chi connectivity index (χ0n) is 17.1. The first-order valence-electron chi connectivity index (χ1n) is 10.3. The molecule has 5 rings (SSSR count). The molecule has 7 heteroatoms. The number of aromatic amines is 1. The van der Waals surface area contributed by atoms with Crippen molar-refractivity contribution in [2.45, 2.75) is 39.0 Å². The normalized spacial score (nSPS) is 13.7. The molecule has 0 saturated carbocycles. The Morgan fingerprint density at radius 3 is 2.70 bits per heavy atom.